The summed E-state index contributed by atoms with van der Waals surface area (Å²) in [4.78, 5) is 23.6. The highest BCUT2D eigenvalue weighted by Crippen LogP contribution is 2.40. The molecule has 1 saturated heterocycles. The van der Waals surface area contributed by atoms with E-state index in [1.54, 1.807) is 42.5 Å². The Labute approximate surface area is 196 Å². The molecule has 2 aliphatic heterocycles. The van der Waals surface area contributed by atoms with Crippen LogP contribution in [0.5, 0.6) is 5.88 Å². The molecule has 1 amide bonds. The predicted octanol–water partition coefficient (Wildman–Crippen LogP) is 5.35. The normalized spacial score (nSPS) is 21.7. The Balaban J connectivity index is 1.43. The molecule has 2 aromatic rings. The summed E-state index contributed by atoms with van der Waals surface area (Å²) < 4.78 is 21.2. The van der Waals surface area contributed by atoms with E-state index in [-0.39, 0.29) is 25.2 Å². The van der Waals surface area contributed by atoms with Crippen molar-refractivity contribution >= 4 is 35.3 Å². The number of pyridine rings is 1. The lowest BCUT2D eigenvalue weighted by Crippen LogP contribution is -2.48. The number of halogens is 3. The molecule has 0 saturated carbocycles. The molecule has 0 radical (unpaired) electrons. The lowest BCUT2D eigenvalue weighted by molar-refractivity contribution is 0.0322. The molecule has 168 valence electrons. The number of nitrogens with zero attached hydrogens (tertiary/aromatic N) is 3. The molecular weight excluding hydrogens is 452 g/mol. The molecule has 1 fully saturated rings. The SMILES string of the molecule is COc1cccc(CC2(CC3(F)CCN(C(=O)c4ccc(Cl)c(Cl)c4)CC3)C=CC=N2)n1. The van der Waals surface area contributed by atoms with Crippen LogP contribution in [-0.2, 0) is 6.42 Å². The van der Waals surface area contributed by atoms with E-state index < -0.39 is 11.2 Å². The maximum atomic E-state index is 15.9. The number of amides is 1. The summed E-state index contributed by atoms with van der Waals surface area (Å²) in [6, 6.07) is 10.3. The molecule has 3 heterocycles. The number of aromatic nitrogens is 1. The number of ether oxygens (including phenoxy) is 1. The van der Waals surface area contributed by atoms with E-state index >= 15 is 4.39 Å². The number of allylic oxidation sites excluding steroid dienone is 1. The average Bonchev–Trinajstić information content (AvgIpc) is 3.23. The number of aliphatic imine (C=N–C) groups is 1. The van der Waals surface area contributed by atoms with E-state index in [2.05, 4.69) is 9.98 Å². The van der Waals surface area contributed by atoms with E-state index in [1.807, 2.05) is 24.3 Å². The minimum absolute atomic E-state index is 0.167. The summed E-state index contributed by atoms with van der Waals surface area (Å²) in [5.74, 6) is 0.354. The van der Waals surface area contributed by atoms with Crippen molar-refractivity contribution in [2.45, 2.75) is 36.9 Å². The molecule has 1 aromatic carbocycles. The van der Waals surface area contributed by atoms with Crippen LogP contribution in [0.2, 0.25) is 10.0 Å². The van der Waals surface area contributed by atoms with Crippen LogP contribution >= 0.6 is 23.2 Å². The van der Waals surface area contributed by atoms with Crippen molar-refractivity contribution in [3.63, 3.8) is 0 Å². The molecule has 8 heteroatoms. The van der Waals surface area contributed by atoms with Crippen LogP contribution in [0.3, 0.4) is 0 Å². The molecule has 4 rings (SSSR count). The van der Waals surface area contributed by atoms with Gasteiger partial charge in [-0.15, -0.1) is 0 Å². The van der Waals surface area contributed by atoms with Crippen LogP contribution in [0.15, 0.2) is 53.5 Å². The first-order chi connectivity index (χ1) is 15.3. The van der Waals surface area contributed by atoms with Crippen LogP contribution < -0.4 is 4.74 Å². The Morgan fingerprint density at radius 2 is 1.97 bits per heavy atom. The smallest absolute Gasteiger partial charge is 0.253 e. The van der Waals surface area contributed by atoms with Crippen molar-refractivity contribution in [3.05, 3.63) is 69.9 Å². The number of hydrogen-bond acceptors (Lipinski definition) is 4. The topological polar surface area (TPSA) is 54.8 Å². The summed E-state index contributed by atoms with van der Waals surface area (Å²) in [6.45, 7) is 0.660. The lowest BCUT2D eigenvalue weighted by Gasteiger charge is -2.40. The van der Waals surface area contributed by atoms with Crippen LogP contribution in [0.25, 0.3) is 0 Å². The van der Waals surface area contributed by atoms with Gasteiger partial charge in [0.05, 0.1) is 22.7 Å². The molecule has 0 bridgehead atoms. The van der Waals surface area contributed by atoms with Gasteiger partial charge in [-0.1, -0.05) is 35.3 Å². The van der Waals surface area contributed by atoms with Crippen molar-refractivity contribution < 1.29 is 13.9 Å². The highest BCUT2D eigenvalue weighted by molar-refractivity contribution is 6.42. The molecule has 0 N–H and O–H groups in total. The Morgan fingerprint density at radius 1 is 1.19 bits per heavy atom. The summed E-state index contributed by atoms with van der Waals surface area (Å²) in [5.41, 5.74) is -0.873. The minimum atomic E-state index is -1.43. The molecule has 2 aliphatic rings. The second-order valence-corrected chi connectivity index (χ2v) is 9.15. The number of hydrogen-bond donors (Lipinski definition) is 0. The Hall–Kier alpha value is -2.44. The van der Waals surface area contributed by atoms with Crippen LogP contribution in [-0.4, -0.2) is 53.4 Å². The average molecular weight is 476 g/mol. The molecule has 0 aliphatic carbocycles. The third-order valence-electron chi connectivity index (χ3n) is 6.04. The Kier molecular flexibility index (Phi) is 6.54. The van der Waals surface area contributed by atoms with Crippen molar-refractivity contribution in [3.8, 4) is 5.88 Å². The summed E-state index contributed by atoms with van der Waals surface area (Å²) >= 11 is 12.0. The maximum Gasteiger partial charge on any atom is 0.253 e. The maximum absolute atomic E-state index is 15.9. The summed E-state index contributed by atoms with van der Waals surface area (Å²) in [6.07, 6.45) is 6.73. The fourth-order valence-electron chi connectivity index (χ4n) is 4.36. The van der Waals surface area contributed by atoms with Gasteiger partial charge in [-0.2, -0.15) is 0 Å². The van der Waals surface area contributed by atoms with Crippen LogP contribution in [0, 0.1) is 0 Å². The Bertz CT molecular complexity index is 1050. The number of methoxy groups -OCH3 is 1. The van der Waals surface area contributed by atoms with Crippen molar-refractivity contribution in [2.75, 3.05) is 20.2 Å². The molecule has 32 heavy (non-hydrogen) atoms. The van der Waals surface area contributed by atoms with Gasteiger partial charge in [-0.25, -0.2) is 9.37 Å². The minimum Gasteiger partial charge on any atom is -0.481 e. The quantitative estimate of drug-likeness (QED) is 0.565. The van der Waals surface area contributed by atoms with Gasteiger partial charge in [0, 0.05) is 49.5 Å². The van der Waals surface area contributed by atoms with E-state index in [0.29, 0.717) is 41.0 Å². The highest BCUT2D eigenvalue weighted by atomic mass is 35.5. The van der Waals surface area contributed by atoms with Gasteiger partial charge in [0.1, 0.15) is 5.67 Å². The molecule has 0 spiro atoms. The first kappa shape index (κ1) is 22.7. The van der Waals surface area contributed by atoms with Gasteiger partial charge in [0.2, 0.25) is 5.88 Å². The van der Waals surface area contributed by atoms with Gasteiger partial charge in [-0.05, 0) is 43.2 Å². The van der Waals surface area contributed by atoms with E-state index in [0.717, 1.165) is 5.69 Å². The first-order valence-electron chi connectivity index (χ1n) is 10.5. The van der Waals surface area contributed by atoms with Gasteiger partial charge >= 0.3 is 0 Å². The number of carbonyl (C=O) groups is 1. The van der Waals surface area contributed by atoms with Crippen LogP contribution in [0.4, 0.5) is 4.39 Å². The van der Waals surface area contributed by atoms with E-state index in [4.69, 9.17) is 27.9 Å². The molecule has 5 nitrogen and oxygen atoms in total. The second kappa shape index (κ2) is 9.20. The highest BCUT2D eigenvalue weighted by Gasteiger charge is 2.44. The van der Waals surface area contributed by atoms with Gasteiger partial charge in [0.15, 0.2) is 0 Å². The zero-order chi connectivity index (χ0) is 22.8. The standard InChI is InChI=1S/C24H24Cl2FN3O2/c1-32-21-5-2-4-18(29-21)15-24(8-3-11-28-24)16-23(27)9-12-30(13-10-23)22(31)17-6-7-19(25)20(26)14-17/h2-8,11,14H,9-10,12-13,15-16H2,1H3. The predicted molar refractivity (Wildman–Crippen MR) is 125 cm³/mol. The third kappa shape index (κ3) is 4.97. The Morgan fingerprint density at radius 3 is 2.62 bits per heavy atom. The number of carbonyl (C=O) groups excluding carboxylic acids is 1. The number of rotatable bonds is 6. The fraction of sp³-hybridized carbons (Fsp3) is 0.375. The number of benzene rings is 1. The zero-order valence-corrected chi connectivity index (χ0v) is 19.2. The van der Waals surface area contributed by atoms with Gasteiger partial charge < -0.3 is 9.64 Å². The van der Waals surface area contributed by atoms with Gasteiger partial charge in [0.25, 0.3) is 5.91 Å². The molecule has 1 aromatic heterocycles. The van der Waals surface area contributed by atoms with E-state index in [1.165, 1.54) is 0 Å². The number of piperidine rings is 1. The largest absolute Gasteiger partial charge is 0.481 e. The first-order valence-corrected chi connectivity index (χ1v) is 11.2. The number of alkyl halides is 1. The monoisotopic (exact) mass is 475 g/mol. The molecular formula is C24H24Cl2FN3O2. The van der Waals surface area contributed by atoms with Crippen molar-refractivity contribution in [1.82, 2.24) is 9.88 Å². The zero-order valence-electron chi connectivity index (χ0n) is 17.7. The van der Waals surface area contributed by atoms with Crippen molar-refractivity contribution in [1.29, 1.82) is 0 Å². The second-order valence-electron chi connectivity index (χ2n) is 8.34. The summed E-state index contributed by atoms with van der Waals surface area (Å²) in [7, 11) is 1.57. The third-order valence-corrected chi connectivity index (χ3v) is 6.78. The van der Waals surface area contributed by atoms with Gasteiger partial charge in [-0.3, -0.25) is 9.79 Å². The van der Waals surface area contributed by atoms with Crippen LogP contribution in [0.1, 0.15) is 35.3 Å². The number of likely N-dealkylation sites (tertiary alicyclic amines) is 1. The lowest BCUT2D eigenvalue weighted by atomic mass is 9.78. The molecule has 1 atom stereocenters. The van der Waals surface area contributed by atoms with E-state index in [9.17, 15) is 4.79 Å². The molecule has 1 unspecified atom stereocenters. The summed E-state index contributed by atoms with van der Waals surface area (Å²) in [5, 5.41) is 0.721. The fourth-order valence-corrected chi connectivity index (χ4v) is 4.66. The van der Waals surface area contributed by atoms with Crippen molar-refractivity contribution in [2.24, 2.45) is 4.99 Å².